The molecule has 18 heavy (non-hydrogen) atoms. The fourth-order valence-electron chi connectivity index (χ4n) is 2.08. The topological polar surface area (TPSA) is 64.5 Å². The molecule has 1 aromatic carbocycles. The molecule has 1 heterocycles. The van der Waals surface area contributed by atoms with Crippen molar-refractivity contribution in [2.24, 2.45) is 0 Å². The van der Waals surface area contributed by atoms with E-state index in [1.54, 1.807) is 0 Å². The zero-order chi connectivity index (χ0) is 13.1. The van der Waals surface area contributed by atoms with Gasteiger partial charge in [-0.2, -0.15) is 0 Å². The van der Waals surface area contributed by atoms with Gasteiger partial charge in [0, 0.05) is 6.54 Å². The van der Waals surface area contributed by atoms with Gasteiger partial charge in [-0.25, -0.2) is 4.39 Å². The van der Waals surface area contributed by atoms with E-state index in [0.717, 1.165) is 19.6 Å². The van der Waals surface area contributed by atoms with Crippen LogP contribution < -0.4 is 16.2 Å². The summed E-state index contributed by atoms with van der Waals surface area (Å²) >= 11 is 5.71. The molecule has 0 radical (unpaired) electrons. The largest absolute Gasteiger partial charge is 0.487 e. The molecule has 0 atom stereocenters. The predicted molar refractivity (Wildman–Crippen MR) is 71.4 cm³/mol. The Morgan fingerprint density at radius 2 is 1.94 bits per heavy atom. The van der Waals surface area contributed by atoms with Crippen LogP contribution in [0.1, 0.15) is 12.8 Å². The molecule has 0 aromatic heterocycles. The number of hydrogen-bond donors (Lipinski definition) is 2. The summed E-state index contributed by atoms with van der Waals surface area (Å²) in [7, 11) is 0. The zero-order valence-corrected chi connectivity index (χ0v) is 10.8. The Bertz CT molecular complexity index is 436. The Morgan fingerprint density at radius 3 is 2.61 bits per heavy atom. The highest BCUT2D eigenvalue weighted by molar-refractivity contribution is 6.33. The Balaban J connectivity index is 1.98. The number of hydrogen-bond acceptors (Lipinski definition) is 4. The van der Waals surface area contributed by atoms with Crippen molar-refractivity contribution in [3.8, 4) is 5.75 Å². The van der Waals surface area contributed by atoms with E-state index in [2.05, 4.69) is 4.90 Å². The molecule has 2 rings (SSSR count). The number of nitrogens with zero attached hydrogens (tertiary/aromatic N) is 1. The number of halogens is 2. The quantitative estimate of drug-likeness (QED) is 0.825. The summed E-state index contributed by atoms with van der Waals surface area (Å²) in [6, 6.07) is 1.41. The van der Waals surface area contributed by atoms with Crippen LogP contribution >= 0.6 is 11.6 Å². The molecule has 0 aliphatic carbocycles. The van der Waals surface area contributed by atoms with E-state index >= 15 is 0 Å². The first-order valence-electron chi connectivity index (χ1n) is 5.97. The lowest BCUT2D eigenvalue weighted by Crippen LogP contribution is -2.25. The summed E-state index contributed by atoms with van der Waals surface area (Å²) in [4.78, 5) is 2.27. The highest BCUT2D eigenvalue weighted by Crippen LogP contribution is 2.35. The molecular formula is C12H17ClFN3O. The maximum Gasteiger partial charge on any atom is 0.187 e. The van der Waals surface area contributed by atoms with E-state index in [4.69, 9.17) is 27.8 Å². The third-order valence-electron chi connectivity index (χ3n) is 3.07. The lowest BCUT2D eigenvalue weighted by molar-refractivity contribution is 0.232. The molecule has 1 aromatic rings. The smallest absolute Gasteiger partial charge is 0.187 e. The molecule has 6 heteroatoms. The lowest BCUT2D eigenvalue weighted by atomic mass is 10.2. The molecule has 0 saturated carbocycles. The number of benzene rings is 1. The number of nitrogen functional groups attached to an aromatic ring is 2. The van der Waals surface area contributed by atoms with Crippen molar-refractivity contribution in [1.82, 2.24) is 4.90 Å². The van der Waals surface area contributed by atoms with Crippen molar-refractivity contribution in [2.45, 2.75) is 12.8 Å². The fourth-order valence-corrected chi connectivity index (χ4v) is 2.22. The van der Waals surface area contributed by atoms with Gasteiger partial charge in [0.1, 0.15) is 11.6 Å². The Hall–Kier alpha value is -1.20. The molecule has 4 nitrogen and oxygen atoms in total. The molecule has 0 bridgehead atoms. The molecule has 4 N–H and O–H groups in total. The van der Waals surface area contributed by atoms with Crippen molar-refractivity contribution in [3.05, 3.63) is 16.9 Å². The SMILES string of the molecule is Nc1cc(N)c(OCCN2CCCC2)c(F)c1Cl. The summed E-state index contributed by atoms with van der Waals surface area (Å²) in [5.74, 6) is -0.691. The van der Waals surface area contributed by atoms with Crippen molar-refractivity contribution < 1.29 is 9.13 Å². The van der Waals surface area contributed by atoms with Crippen LogP contribution in [-0.4, -0.2) is 31.1 Å². The van der Waals surface area contributed by atoms with Crippen molar-refractivity contribution >= 4 is 23.0 Å². The van der Waals surface area contributed by atoms with E-state index in [-0.39, 0.29) is 22.1 Å². The van der Waals surface area contributed by atoms with Crippen LogP contribution in [0.2, 0.25) is 5.02 Å². The summed E-state index contributed by atoms with van der Waals surface area (Å²) in [6.07, 6.45) is 2.42. The van der Waals surface area contributed by atoms with Gasteiger partial charge in [0.05, 0.1) is 11.4 Å². The van der Waals surface area contributed by atoms with Gasteiger partial charge in [-0.1, -0.05) is 11.6 Å². The van der Waals surface area contributed by atoms with Crippen LogP contribution in [0.3, 0.4) is 0 Å². The van der Waals surface area contributed by atoms with Gasteiger partial charge in [-0.05, 0) is 32.0 Å². The molecular weight excluding hydrogens is 257 g/mol. The second-order valence-electron chi connectivity index (χ2n) is 4.41. The molecule has 1 aliphatic heterocycles. The number of rotatable bonds is 4. The number of ether oxygens (including phenoxy) is 1. The normalized spacial score (nSPS) is 16.1. The van der Waals surface area contributed by atoms with E-state index in [1.165, 1.54) is 18.9 Å². The molecule has 1 aliphatic rings. The van der Waals surface area contributed by atoms with Gasteiger partial charge in [0.25, 0.3) is 0 Å². The van der Waals surface area contributed by atoms with Gasteiger partial charge in [-0.15, -0.1) is 0 Å². The van der Waals surface area contributed by atoms with Crippen LogP contribution in [0.5, 0.6) is 5.75 Å². The first-order valence-corrected chi connectivity index (χ1v) is 6.35. The molecule has 0 spiro atoms. The van der Waals surface area contributed by atoms with Gasteiger partial charge in [0.2, 0.25) is 0 Å². The Morgan fingerprint density at radius 1 is 1.28 bits per heavy atom. The maximum absolute atomic E-state index is 13.8. The number of nitrogens with two attached hydrogens (primary N) is 2. The van der Waals surface area contributed by atoms with Gasteiger partial charge in [-0.3, -0.25) is 4.90 Å². The summed E-state index contributed by atoms with van der Waals surface area (Å²) in [6.45, 7) is 3.30. The molecule has 1 saturated heterocycles. The van der Waals surface area contributed by atoms with Crippen molar-refractivity contribution in [1.29, 1.82) is 0 Å². The predicted octanol–water partition coefficient (Wildman–Crippen LogP) is 2.12. The van der Waals surface area contributed by atoms with Gasteiger partial charge >= 0.3 is 0 Å². The zero-order valence-electron chi connectivity index (χ0n) is 10.1. The molecule has 1 fully saturated rings. The molecule has 0 unspecified atom stereocenters. The average molecular weight is 274 g/mol. The van der Waals surface area contributed by atoms with Crippen LogP contribution in [0.25, 0.3) is 0 Å². The molecule has 100 valence electrons. The number of likely N-dealkylation sites (tertiary alicyclic amines) is 1. The van der Waals surface area contributed by atoms with Crippen molar-refractivity contribution in [2.75, 3.05) is 37.7 Å². The van der Waals surface area contributed by atoms with Gasteiger partial charge in [0.15, 0.2) is 11.6 Å². The first-order chi connectivity index (χ1) is 8.59. The van der Waals surface area contributed by atoms with Gasteiger partial charge < -0.3 is 16.2 Å². The average Bonchev–Trinajstić information content (AvgIpc) is 2.84. The van der Waals surface area contributed by atoms with E-state index in [9.17, 15) is 4.39 Å². The summed E-state index contributed by atoms with van der Waals surface area (Å²) in [5.41, 5.74) is 11.5. The second-order valence-corrected chi connectivity index (χ2v) is 4.79. The van der Waals surface area contributed by atoms with Crippen LogP contribution in [0.15, 0.2) is 6.07 Å². The molecule has 0 amide bonds. The Labute approximate surface area is 111 Å². The minimum atomic E-state index is -0.685. The third-order valence-corrected chi connectivity index (χ3v) is 3.46. The highest BCUT2D eigenvalue weighted by Gasteiger charge is 2.16. The minimum absolute atomic E-state index is 0.00611. The monoisotopic (exact) mass is 273 g/mol. The fraction of sp³-hybridized carbons (Fsp3) is 0.500. The lowest BCUT2D eigenvalue weighted by Gasteiger charge is -2.16. The van der Waals surface area contributed by atoms with Crippen LogP contribution in [0.4, 0.5) is 15.8 Å². The minimum Gasteiger partial charge on any atom is -0.487 e. The highest BCUT2D eigenvalue weighted by atomic mass is 35.5. The van der Waals surface area contributed by atoms with Crippen LogP contribution in [0, 0.1) is 5.82 Å². The Kier molecular flexibility index (Phi) is 4.14. The summed E-state index contributed by atoms with van der Waals surface area (Å²) < 4.78 is 19.2. The third kappa shape index (κ3) is 2.79. The van der Waals surface area contributed by atoms with Crippen LogP contribution in [-0.2, 0) is 0 Å². The first kappa shape index (κ1) is 13.2. The number of anilines is 2. The van der Waals surface area contributed by atoms with Crippen molar-refractivity contribution in [3.63, 3.8) is 0 Å². The van der Waals surface area contributed by atoms with E-state index < -0.39 is 5.82 Å². The van der Waals surface area contributed by atoms with E-state index in [0.29, 0.717) is 6.61 Å². The second kappa shape index (κ2) is 5.63. The van der Waals surface area contributed by atoms with E-state index in [1.807, 2.05) is 0 Å². The standard InChI is InChI=1S/C12H17ClFN3O/c13-10-8(15)7-9(16)12(11(10)14)18-6-5-17-3-1-2-4-17/h7H,1-6,15-16H2. The maximum atomic E-state index is 13.8. The summed E-state index contributed by atoms with van der Waals surface area (Å²) in [5, 5.41) is -0.139.